The Hall–Kier alpha value is -0.560. The summed E-state index contributed by atoms with van der Waals surface area (Å²) < 4.78 is 31.6. The molecule has 1 atom stereocenters. The van der Waals surface area contributed by atoms with Gasteiger partial charge in [0.1, 0.15) is 11.5 Å². The summed E-state index contributed by atoms with van der Waals surface area (Å²) in [6.07, 6.45) is 25.8. The molecule has 0 saturated heterocycles. The second-order valence-corrected chi connectivity index (χ2v) is 12.0. The van der Waals surface area contributed by atoms with Gasteiger partial charge in [0.15, 0.2) is 0 Å². The van der Waals surface area contributed by atoms with Gasteiger partial charge in [-0.1, -0.05) is 127 Å². The van der Waals surface area contributed by atoms with Crippen molar-refractivity contribution in [3.8, 4) is 0 Å². The highest BCUT2D eigenvalue weighted by Crippen LogP contribution is 2.14. The number of unbranched alkanes of at least 4 members (excludes halogenated alkanes) is 15. The van der Waals surface area contributed by atoms with Gasteiger partial charge in [-0.25, -0.2) is 0 Å². The molecule has 0 radical (unpaired) electrons. The van der Waals surface area contributed by atoms with Crippen LogP contribution in [0.25, 0.3) is 0 Å². The van der Waals surface area contributed by atoms with Gasteiger partial charge in [0, 0.05) is 5.56 Å². The first kappa shape index (κ1) is 31.4. The molecule has 0 amide bonds. The highest BCUT2D eigenvalue weighted by Gasteiger charge is 2.11. The molecule has 0 aliphatic carbocycles. The Morgan fingerprint density at radius 1 is 0.656 bits per heavy atom. The Labute approximate surface area is 201 Å². The fourth-order valence-electron chi connectivity index (χ4n) is 3.83. The van der Waals surface area contributed by atoms with Crippen LogP contribution in [0.3, 0.4) is 0 Å². The van der Waals surface area contributed by atoms with Gasteiger partial charge in [-0.05, 0) is 23.7 Å². The van der Waals surface area contributed by atoms with E-state index in [1.807, 2.05) is 0 Å². The number of hydrogen-bond donors (Lipinski definition) is 2. The monoisotopic (exact) mass is 489 g/mol. The molecule has 1 unspecified atom stereocenters. The minimum absolute atomic E-state index is 0.562. The van der Waals surface area contributed by atoms with Gasteiger partial charge in [0.05, 0.1) is 6.26 Å². The zero-order valence-corrected chi connectivity index (χ0v) is 22.3. The largest absolute Gasteiger partial charge is 0.394 e. The molecule has 2 N–H and O–H groups in total. The molecule has 1 aromatic rings. The van der Waals surface area contributed by atoms with E-state index in [0.717, 1.165) is 0 Å². The van der Waals surface area contributed by atoms with Crippen LogP contribution in [-0.4, -0.2) is 29.5 Å². The van der Waals surface area contributed by atoms with E-state index in [1.54, 1.807) is 0 Å². The van der Waals surface area contributed by atoms with Crippen LogP contribution in [0.1, 0.15) is 115 Å². The Balaban J connectivity index is 0.00000172. The Morgan fingerprint density at radius 2 is 1.00 bits per heavy atom. The molecule has 6 heteroatoms. The first-order valence-corrected chi connectivity index (χ1v) is 16.0. The lowest BCUT2D eigenvalue weighted by Crippen LogP contribution is -2.08. The molecule has 0 fully saturated rings. The molecular formula is C26H49O4S2+. The molecule has 0 aromatic heterocycles. The molecule has 0 aliphatic heterocycles. The predicted molar refractivity (Wildman–Crippen MR) is 142 cm³/mol. The molecule has 4 nitrogen and oxygen atoms in total. The summed E-state index contributed by atoms with van der Waals surface area (Å²) in [6.45, 7) is 2.30. The molecule has 0 aliphatic rings. The number of benzene rings is 1. The molecule has 0 heterocycles. The van der Waals surface area contributed by atoms with Crippen molar-refractivity contribution < 1.29 is 17.5 Å². The van der Waals surface area contributed by atoms with Crippen LogP contribution < -0.4 is 0 Å². The highest BCUT2D eigenvalue weighted by atomic mass is 32.3. The van der Waals surface area contributed by atoms with Crippen molar-refractivity contribution in [2.75, 3.05) is 12.0 Å². The third-order valence-electron chi connectivity index (χ3n) is 5.60. The lowest BCUT2D eigenvalue weighted by atomic mass is 10.0. The van der Waals surface area contributed by atoms with Crippen LogP contribution in [-0.2, 0) is 27.0 Å². The standard InChI is InChI=1S/C26H47S.H2O4S/c1-3-4-5-6-7-8-9-10-11-12-13-14-15-16-17-21-24-27(2)25-26-22-19-18-20-23-26;1-5(2,3)4/h18-20,22-23H,3-17,21,24-25H2,1-2H3;(H2,1,2,3,4)/q+1;. The van der Waals surface area contributed by atoms with Crippen molar-refractivity contribution in [2.45, 2.75) is 115 Å². The van der Waals surface area contributed by atoms with E-state index >= 15 is 0 Å². The molecular weight excluding hydrogens is 440 g/mol. The maximum Gasteiger partial charge on any atom is 0.394 e. The van der Waals surface area contributed by atoms with Gasteiger partial charge in [0.25, 0.3) is 0 Å². The average Bonchev–Trinajstić information content (AvgIpc) is 2.73. The van der Waals surface area contributed by atoms with Gasteiger partial charge in [-0.15, -0.1) is 0 Å². The molecule has 188 valence electrons. The molecule has 0 saturated carbocycles. The molecule has 0 bridgehead atoms. The maximum atomic E-state index is 8.74. The quantitative estimate of drug-likeness (QED) is 0.117. The van der Waals surface area contributed by atoms with Gasteiger partial charge in [-0.3, -0.25) is 9.11 Å². The Kier molecular flexibility index (Phi) is 21.9. The zero-order chi connectivity index (χ0) is 23.9. The molecule has 0 spiro atoms. The summed E-state index contributed by atoms with van der Waals surface area (Å²) in [7, 11) is -4.11. The summed E-state index contributed by atoms with van der Waals surface area (Å²) >= 11 is 0. The minimum Gasteiger partial charge on any atom is -0.264 e. The van der Waals surface area contributed by atoms with E-state index in [2.05, 4.69) is 43.5 Å². The highest BCUT2D eigenvalue weighted by molar-refractivity contribution is 7.95. The summed E-state index contributed by atoms with van der Waals surface area (Å²) in [5.74, 6) is 2.70. The van der Waals surface area contributed by atoms with E-state index in [4.69, 9.17) is 17.5 Å². The summed E-state index contributed by atoms with van der Waals surface area (Å²) in [5, 5.41) is 0. The van der Waals surface area contributed by atoms with Gasteiger partial charge >= 0.3 is 10.4 Å². The average molecular weight is 490 g/mol. The second kappa shape index (κ2) is 22.2. The Bertz CT molecular complexity index is 598. The minimum atomic E-state index is -4.67. The predicted octanol–water partition coefficient (Wildman–Crippen LogP) is 8.04. The van der Waals surface area contributed by atoms with Gasteiger partial charge in [-0.2, -0.15) is 8.42 Å². The topological polar surface area (TPSA) is 74.6 Å². The maximum absolute atomic E-state index is 8.74. The molecule has 1 aromatic carbocycles. The lowest BCUT2D eigenvalue weighted by Gasteiger charge is -2.05. The lowest BCUT2D eigenvalue weighted by molar-refractivity contribution is 0.381. The second-order valence-electron chi connectivity index (χ2n) is 8.87. The third-order valence-corrected chi connectivity index (χ3v) is 7.41. The van der Waals surface area contributed by atoms with E-state index in [-0.39, 0.29) is 0 Å². The van der Waals surface area contributed by atoms with Gasteiger partial charge < -0.3 is 0 Å². The Morgan fingerprint density at radius 3 is 1.38 bits per heavy atom. The fourth-order valence-corrected chi connectivity index (χ4v) is 5.43. The molecule has 32 heavy (non-hydrogen) atoms. The van der Waals surface area contributed by atoms with Crippen LogP contribution in [0, 0.1) is 0 Å². The number of rotatable bonds is 19. The molecule has 1 rings (SSSR count). The normalized spacial score (nSPS) is 12.2. The first-order chi connectivity index (χ1) is 15.3. The van der Waals surface area contributed by atoms with Crippen LogP contribution in [0.15, 0.2) is 30.3 Å². The zero-order valence-electron chi connectivity index (χ0n) is 20.6. The van der Waals surface area contributed by atoms with E-state index in [9.17, 15) is 0 Å². The van der Waals surface area contributed by atoms with Crippen LogP contribution in [0.4, 0.5) is 0 Å². The van der Waals surface area contributed by atoms with E-state index in [1.165, 1.54) is 120 Å². The van der Waals surface area contributed by atoms with Crippen LogP contribution in [0.5, 0.6) is 0 Å². The summed E-state index contributed by atoms with van der Waals surface area (Å²) in [6, 6.07) is 11.0. The smallest absolute Gasteiger partial charge is 0.264 e. The first-order valence-electron chi connectivity index (χ1n) is 12.7. The third kappa shape index (κ3) is 27.5. The van der Waals surface area contributed by atoms with Crippen molar-refractivity contribution in [2.24, 2.45) is 0 Å². The van der Waals surface area contributed by atoms with Crippen LogP contribution in [0.2, 0.25) is 0 Å². The van der Waals surface area contributed by atoms with Crippen molar-refractivity contribution in [1.29, 1.82) is 0 Å². The summed E-state index contributed by atoms with van der Waals surface area (Å²) in [5.41, 5.74) is 1.51. The number of hydrogen-bond acceptors (Lipinski definition) is 2. The van der Waals surface area contributed by atoms with Crippen molar-refractivity contribution in [1.82, 2.24) is 0 Å². The fraction of sp³-hybridized carbons (Fsp3) is 0.769. The van der Waals surface area contributed by atoms with Crippen molar-refractivity contribution >= 4 is 21.3 Å². The SMILES string of the molecule is CCCCCCCCCCCCCCCCCC[S+](C)Cc1ccccc1.O=S(=O)(O)O. The summed E-state index contributed by atoms with van der Waals surface area (Å²) in [4.78, 5) is 0. The van der Waals surface area contributed by atoms with E-state index in [0.29, 0.717) is 10.9 Å². The van der Waals surface area contributed by atoms with Crippen LogP contribution >= 0.6 is 0 Å². The van der Waals surface area contributed by atoms with Crippen molar-refractivity contribution in [3.05, 3.63) is 35.9 Å². The van der Waals surface area contributed by atoms with Crippen molar-refractivity contribution in [3.63, 3.8) is 0 Å². The van der Waals surface area contributed by atoms with Gasteiger partial charge in [0.2, 0.25) is 0 Å². The van der Waals surface area contributed by atoms with E-state index < -0.39 is 10.4 Å².